The molecule has 1 aromatic heterocycles. The number of benzene rings is 2. The summed E-state index contributed by atoms with van der Waals surface area (Å²) in [6.07, 6.45) is 2.01. The summed E-state index contributed by atoms with van der Waals surface area (Å²) in [6.45, 7) is 2.28. The minimum atomic E-state index is -0.975. The third kappa shape index (κ3) is 3.89. The molecule has 3 aromatic rings. The van der Waals surface area contributed by atoms with Gasteiger partial charge in [-0.3, -0.25) is 9.59 Å². The molecule has 6 heteroatoms. The van der Waals surface area contributed by atoms with Crippen LogP contribution in [0.25, 0.3) is 10.9 Å². The molecule has 134 valence electrons. The lowest BCUT2D eigenvalue weighted by Crippen LogP contribution is -2.18. The number of hydrogen-bond donors (Lipinski definition) is 1. The summed E-state index contributed by atoms with van der Waals surface area (Å²) in [5.74, 6) is -0.207. The molecule has 2 aromatic carbocycles. The van der Waals surface area contributed by atoms with Crippen LogP contribution >= 0.6 is 11.6 Å². The largest absolute Gasteiger partial charge is 0.494 e. The van der Waals surface area contributed by atoms with Crippen LogP contribution in [0.2, 0.25) is 5.02 Å². The van der Waals surface area contributed by atoms with Crippen LogP contribution in [0.1, 0.15) is 18.1 Å². The van der Waals surface area contributed by atoms with Gasteiger partial charge in [0.1, 0.15) is 12.3 Å². The van der Waals surface area contributed by atoms with Crippen molar-refractivity contribution in [3.8, 4) is 5.75 Å². The Morgan fingerprint density at radius 1 is 1.19 bits per heavy atom. The van der Waals surface area contributed by atoms with Gasteiger partial charge < -0.3 is 14.4 Å². The highest BCUT2D eigenvalue weighted by atomic mass is 35.5. The Labute approximate surface area is 155 Å². The Morgan fingerprint density at radius 2 is 1.92 bits per heavy atom. The van der Waals surface area contributed by atoms with E-state index in [4.69, 9.17) is 16.3 Å². The first-order valence-electron chi connectivity index (χ1n) is 8.23. The number of rotatable bonds is 6. The van der Waals surface area contributed by atoms with Gasteiger partial charge in [0.2, 0.25) is 0 Å². The minimum absolute atomic E-state index is 0.141. The van der Waals surface area contributed by atoms with Crippen LogP contribution in [0.5, 0.6) is 5.75 Å². The van der Waals surface area contributed by atoms with E-state index in [1.807, 2.05) is 31.2 Å². The van der Waals surface area contributed by atoms with Crippen molar-refractivity contribution < 1.29 is 14.6 Å². The number of aromatic nitrogens is 1. The molecule has 0 aliphatic rings. The SMILES string of the molecule is CCOc1ccc(Cc2cn(CC(=O)O)c3ccc(Cl)cc3c2=O)cc1. The Bertz CT molecular complexity index is 1010. The Kier molecular flexibility index (Phi) is 5.28. The molecule has 3 rings (SSSR count). The molecular weight excluding hydrogens is 354 g/mol. The summed E-state index contributed by atoms with van der Waals surface area (Å²) in [7, 11) is 0. The zero-order valence-corrected chi connectivity index (χ0v) is 15.0. The van der Waals surface area contributed by atoms with Crippen molar-refractivity contribution in [1.82, 2.24) is 4.57 Å². The molecule has 0 radical (unpaired) electrons. The Morgan fingerprint density at radius 3 is 2.58 bits per heavy atom. The van der Waals surface area contributed by atoms with E-state index in [9.17, 15) is 14.7 Å². The number of carboxylic acids is 1. The first kappa shape index (κ1) is 18.0. The van der Waals surface area contributed by atoms with E-state index in [2.05, 4.69) is 0 Å². The van der Waals surface area contributed by atoms with Gasteiger partial charge in [-0.1, -0.05) is 23.7 Å². The lowest BCUT2D eigenvalue weighted by atomic mass is 10.0. The van der Waals surface area contributed by atoms with Gasteiger partial charge in [-0.25, -0.2) is 0 Å². The van der Waals surface area contributed by atoms with E-state index in [1.165, 1.54) is 0 Å². The zero-order chi connectivity index (χ0) is 18.7. The van der Waals surface area contributed by atoms with Crippen LogP contribution < -0.4 is 10.2 Å². The smallest absolute Gasteiger partial charge is 0.323 e. The zero-order valence-electron chi connectivity index (χ0n) is 14.2. The average Bonchev–Trinajstić information content (AvgIpc) is 2.60. The molecule has 0 spiro atoms. The highest BCUT2D eigenvalue weighted by Crippen LogP contribution is 2.20. The number of hydrogen-bond acceptors (Lipinski definition) is 3. The Balaban J connectivity index is 2.05. The molecule has 1 heterocycles. The van der Waals surface area contributed by atoms with Gasteiger partial charge in [0.15, 0.2) is 5.43 Å². The second-order valence-corrected chi connectivity index (χ2v) is 6.36. The van der Waals surface area contributed by atoms with Crippen molar-refractivity contribution in [2.75, 3.05) is 6.61 Å². The third-order valence-electron chi connectivity index (χ3n) is 4.05. The van der Waals surface area contributed by atoms with E-state index in [0.717, 1.165) is 11.3 Å². The molecule has 0 aliphatic heterocycles. The lowest BCUT2D eigenvalue weighted by molar-refractivity contribution is -0.137. The molecule has 5 nitrogen and oxygen atoms in total. The highest BCUT2D eigenvalue weighted by molar-refractivity contribution is 6.31. The predicted octanol–water partition coefficient (Wildman–Crippen LogP) is 3.73. The quantitative estimate of drug-likeness (QED) is 0.716. The van der Waals surface area contributed by atoms with Crippen molar-refractivity contribution in [2.24, 2.45) is 0 Å². The fourth-order valence-electron chi connectivity index (χ4n) is 2.92. The second kappa shape index (κ2) is 7.62. The molecule has 0 bridgehead atoms. The van der Waals surface area contributed by atoms with E-state index < -0.39 is 5.97 Å². The molecule has 0 saturated carbocycles. The maximum atomic E-state index is 12.8. The molecular formula is C20H18ClNO4. The standard InChI is InChI=1S/C20H18ClNO4/c1-2-26-16-6-3-13(4-7-16)9-14-11-22(12-19(23)24)18-8-5-15(21)10-17(18)20(14)25/h3-8,10-11H,2,9,12H2,1H3,(H,23,24). The van der Waals surface area contributed by atoms with Crippen LogP contribution in [-0.4, -0.2) is 22.2 Å². The van der Waals surface area contributed by atoms with Crippen molar-refractivity contribution in [1.29, 1.82) is 0 Å². The summed E-state index contributed by atoms with van der Waals surface area (Å²) in [5.41, 5.74) is 1.87. The predicted molar refractivity (Wildman–Crippen MR) is 101 cm³/mol. The van der Waals surface area contributed by atoms with Crippen molar-refractivity contribution in [3.63, 3.8) is 0 Å². The van der Waals surface area contributed by atoms with Crippen LogP contribution in [0, 0.1) is 0 Å². The molecule has 0 saturated heterocycles. The number of pyridine rings is 1. The molecule has 0 atom stereocenters. The third-order valence-corrected chi connectivity index (χ3v) is 4.29. The number of ether oxygens (including phenoxy) is 1. The molecule has 1 N–H and O–H groups in total. The number of aliphatic carboxylic acids is 1. The normalized spacial score (nSPS) is 10.8. The topological polar surface area (TPSA) is 68.5 Å². The van der Waals surface area contributed by atoms with Gasteiger partial charge in [-0.2, -0.15) is 0 Å². The number of halogens is 1. The summed E-state index contributed by atoms with van der Waals surface area (Å²) in [4.78, 5) is 24.0. The maximum Gasteiger partial charge on any atom is 0.323 e. The number of fused-ring (bicyclic) bond motifs is 1. The van der Waals surface area contributed by atoms with Crippen molar-refractivity contribution >= 4 is 28.5 Å². The van der Waals surface area contributed by atoms with Crippen molar-refractivity contribution in [2.45, 2.75) is 19.9 Å². The van der Waals surface area contributed by atoms with Gasteiger partial charge in [0.25, 0.3) is 0 Å². The number of carboxylic acid groups (broad SMARTS) is 1. The number of carbonyl (C=O) groups is 1. The summed E-state index contributed by atoms with van der Waals surface area (Å²) < 4.78 is 6.99. The van der Waals surface area contributed by atoms with E-state index in [0.29, 0.717) is 34.5 Å². The molecule has 0 unspecified atom stereocenters. The molecule has 0 amide bonds. The van der Waals surface area contributed by atoms with Crippen LogP contribution in [0.4, 0.5) is 0 Å². The summed E-state index contributed by atoms with van der Waals surface area (Å²) in [6, 6.07) is 12.4. The molecule has 0 aliphatic carbocycles. The fourth-order valence-corrected chi connectivity index (χ4v) is 3.09. The van der Waals surface area contributed by atoms with Gasteiger partial charge in [-0.05, 0) is 42.8 Å². The van der Waals surface area contributed by atoms with Gasteiger partial charge >= 0.3 is 5.97 Å². The monoisotopic (exact) mass is 371 g/mol. The maximum absolute atomic E-state index is 12.8. The van der Waals surface area contributed by atoms with E-state index >= 15 is 0 Å². The molecule has 26 heavy (non-hydrogen) atoms. The van der Waals surface area contributed by atoms with Gasteiger partial charge in [-0.15, -0.1) is 0 Å². The van der Waals surface area contributed by atoms with Gasteiger partial charge in [0, 0.05) is 28.6 Å². The summed E-state index contributed by atoms with van der Waals surface area (Å²) >= 11 is 6.03. The van der Waals surface area contributed by atoms with Gasteiger partial charge in [0.05, 0.1) is 12.1 Å². The van der Waals surface area contributed by atoms with Crippen molar-refractivity contribution in [3.05, 3.63) is 75.0 Å². The minimum Gasteiger partial charge on any atom is -0.494 e. The average molecular weight is 372 g/mol. The Hall–Kier alpha value is -2.79. The first-order valence-corrected chi connectivity index (χ1v) is 8.61. The van der Waals surface area contributed by atoms with Crippen LogP contribution in [-0.2, 0) is 17.8 Å². The van der Waals surface area contributed by atoms with Crippen LogP contribution in [0.3, 0.4) is 0 Å². The highest BCUT2D eigenvalue weighted by Gasteiger charge is 2.12. The lowest BCUT2D eigenvalue weighted by Gasteiger charge is -2.12. The summed E-state index contributed by atoms with van der Waals surface area (Å²) in [5, 5.41) is 10.0. The first-order chi connectivity index (χ1) is 12.5. The number of nitrogens with zero attached hydrogens (tertiary/aromatic N) is 1. The fraction of sp³-hybridized carbons (Fsp3) is 0.200. The molecule has 0 fully saturated rings. The van der Waals surface area contributed by atoms with E-state index in [-0.39, 0.29) is 12.0 Å². The van der Waals surface area contributed by atoms with E-state index in [1.54, 1.807) is 29.0 Å². The second-order valence-electron chi connectivity index (χ2n) is 5.92. The van der Waals surface area contributed by atoms with Crippen LogP contribution in [0.15, 0.2) is 53.5 Å².